The molecule has 4 nitrogen and oxygen atoms in total. The number of hydrogen-bond acceptors (Lipinski definition) is 4. The molecule has 3 aromatic rings. The largest absolute Gasteiger partial charge is 0.504 e. The first-order valence-corrected chi connectivity index (χ1v) is 5.15. The van der Waals surface area contributed by atoms with Gasteiger partial charge in [0.1, 0.15) is 5.82 Å². The average molecular weight is 246 g/mol. The van der Waals surface area contributed by atoms with Gasteiger partial charge >= 0.3 is 5.63 Å². The van der Waals surface area contributed by atoms with Crippen LogP contribution >= 0.6 is 0 Å². The predicted molar refractivity (Wildman–Crippen MR) is 63.3 cm³/mol. The van der Waals surface area contributed by atoms with Gasteiger partial charge in [0.05, 0.1) is 5.39 Å². The summed E-state index contributed by atoms with van der Waals surface area (Å²) in [6.07, 6.45) is 0. The highest BCUT2D eigenvalue weighted by Gasteiger charge is 2.13. The molecule has 5 heteroatoms. The van der Waals surface area contributed by atoms with Crippen molar-refractivity contribution < 1.29 is 19.0 Å². The molecule has 0 radical (unpaired) electrons. The van der Waals surface area contributed by atoms with Crippen molar-refractivity contribution in [3.63, 3.8) is 0 Å². The van der Waals surface area contributed by atoms with Crippen molar-refractivity contribution in [2.45, 2.75) is 0 Å². The molecule has 3 rings (SSSR count). The van der Waals surface area contributed by atoms with Gasteiger partial charge in [-0.3, -0.25) is 0 Å². The standard InChI is InChI=1S/C13H7FO4/c14-6-1-2-8-9(5-6)7-3-4-10(15)11(16)12(7)18-13(8)17/h1-5,15-16H. The van der Waals surface area contributed by atoms with Gasteiger partial charge in [0.15, 0.2) is 11.3 Å². The van der Waals surface area contributed by atoms with E-state index in [4.69, 9.17) is 4.42 Å². The fraction of sp³-hybridized carbons (Fsp3) is 0. The lowest BCUT2D eigenvalue weighted by atomic mass is 10.1. The fourth-order valence-electron chi connectivity index (χ4n) is 1.94. The summed E-state index contributed by atoms with van der Waals surface area (Å²) in [5.74, 6) is -1.43. The van der Waals surface area contributed by atoms with Crippen molar-refractivity contribution in [2.24, 2.45) is 0 Å². The van der Waals surface area contributed by atoms with Crippen LogP contribution in [0.4, 0.5) is 4.39 Å². The van der Waals surface area contributed by atoms with Crippen molar-refractivity contribution in [2.75, 3.05) is 0 Å². The van der Waals surface area contributed by atoms with Gasteiger partial charge in [-0.1, -0.05) is 0 Å². The Kier molecular flexibility index (Phi) is 2.04. The molecule has 2 N–H and O–H groups in total. The van der Waals surface area contributed by atoms with Gasteiger partial charge in [-0.2, -0.15) is 0 Å². The maximum atomic E-state index is 13.2. The van der Waals surface area contributed by atoms with Gasteiger partial charge < -0.3 is 14.6 Å². The van der Waals surface area contributed by atoms with E-state index >= 15 is 0 Å². The van der Waals surface area contributed by atoms with Crippen LogP contribution in [0.5, 0.6) is 11.5 Å². The first kappa shape index (κ1) is 10.6. The highest BCUT2D eigenvalue weighted by molar-refractivity contribution is 6.06. The maximum Gasteiger partial charge on any atom is 0.344 e. The molecule has 0 fully saturated rings. The molecule has 1 heterocycles. The molecule has 90 valence electrons. The van der Waals surface area contributed by atoms with Crippen LogP contribution in [0.1, 0.15) is 0 Å². The van der Waals surface area contributed by atoms with Crippen LogP contribution in [-0.4, -0.2) is 10.2 Å². The van der Waals surface area contributed by atoms with Gasteiger partial charge in [0.2, 0.25) is 5.75 Å². The molecule has 18 heavy (non-hydrogen) atoms. The summed E-state index contributed by atoms with van der Waals surface area (Å²) in [4.78, 5) is 11.7. The van der Waals surface area contributed by atoms with E-state index in [2.05, 4.69) is 0 Å². The molecule has 1 aromatic heterocycles. The third-order valence-electron chi connectivity index (χ3n) is 2.80. The molecule has 0 aliphatic heterocycles. The Morgan fingerprint density at radius 1 is 1.00 bits per heavy atom. The SMILES string of the molecule is O=c1oc2c(O)c(O)ccc2c2cc(F)ccc12. The Labute approximate surface area is 99.5 Å². The topological polar surface area (TPSA) is 70.7 Å². The zero-order valence-corrected chi connectivity index (χ0v) is 8.98. The van der Waals surface area contributed by atoms with E-state index in [1.54, 1.807) is 0 Å². The van der Waals surface area contributed by atoms with E-state index < -0.39 is 22.9 Å². The number of halogens is 1. The summed E-state index contributed by atoms with van der Waals surface area (Å²) in [7, 11) is 0. The third-order valence-corrected chi connectivity index (χ3v) is 2.80. The van der Waals surface area contributed by atoms with Crippen molar-refractivity contribution in [1.29, 1.82) is 0 Å². The molecule has 0 aliphatic carbocycles. The second-order valence-corrected chi connectivity index (χ2v) is 3.89. The minimum Gasteiger partial charge on any atom is -0.504 e. The molecule has 0 amide bonds. The number of aromatic hydroxyl groups is 2. The van der Waals surface area contributed by atoms with Gasteiger partial charge in [0.25, 0.3) is 0 Å². The third kappa shape index (κ3) is 1.34. The molecule has 0 aliphatic rings. The summed E-state index contributed by atoms with van der Waals surface area (Å²) < 4.78 is 18.2. The van der Waals surface area contributed by atoms with E-state index in [0.29, 0.717) is 10.8 Å². The average Bonchev–Trinajstić information content (AvgIpc) is 2.34. The van der Waals surface area contributed by atoms with Crippen LogP contribution in [0.2, 0.25) is 0 Å². The van der Waals surface area contributed by atoms with Gasteiger partial charge in [-0.25, -0.2) is 9.18 Å². The summed E-state index contributed by atoms with van der Waals surface area (Å²) in [5, 5.41) is 19.9. The zero-order chi connectivity index (χ0) is 12.9. The first-order valence-electron chi connectivity index (χ1n) is 5.15. The van der Waals surface area contributed by atoms with Gasteiger partial charge in [-0.15, -0.1) is 0 Å². The Morgan fingerprint density at radius 2 is 1.72 bits per heavy atom. The number of phenols is 2. The van der Waals surface area contributed by atoms with Gasteiger partial charge in [-0.05, 0) is 30.3 Å². The predicted octanol–water partition coefficient (Wildman–Crippen LogP) is 2.50. The Bertz CT molecular complexity index is 836. The van der Waals surface area contributed by atoms with Crippen LogP contribution in [-0.2, 0) is 0 Å². The Hall–Kier alpha value is -2.56. The van der Waals surface area contributed by atoms with Crippen molar-refractivity contribution in [3.05, 3.63) is 46.6 Å². The normalized spacial score (nSPS) is 11.2. The summed E-state index contributed by atoms with van der Waals surface area (Å²) in [6, 6.07) is 6.37. The highest BCUT2D eigenvalue weighted by Crippen LogP contribution is 2.35. The summed E-state index contributed by atoms with van der Waals surface area (Å²) in [6.45, 7) is 0. The van der Waals surface area contributed by atoms with E-state index in [9.17, 15) is 19.4 Å². The monoisotopic (exact) mass is 246 g/mol. The van der Waals surface area contributed by atoms with Gasteiger partial charge in [0, 0.05) is 10.8 Å². The van der Waals surface area contributed by atoms with Crippen LogP contribution < -0.4 is 5.63 Å². The lowest BCUT2D eigenvalue weighted by Gasteiger charge is -2.05. The zero-order valence-electron chi connectivity index (χ0n) is 8.98. The van der Waals surface area contributed by atoms with Crippen LogP contribution in [0.15, 0.2) is 39.5 Å². The molecule has 0 spiro atoms. The fourth-order valence-corrected chi connectivity index (χ4v) is 1.94. The quantitative estimate of drug-likeness (QED) is 0.363. The number of rotatable bonds is 0. The molecule has 2 aromatic carbocycles. The van der Waals surface area contributed by atoms with Crippen LogP contribution in [0.25, 0.3) is 21.7 Å². The number of hydrogen-bond donors (Lipinski definition) is 2. The molecule has 0 saturated carbocycles. The van der Waals surface area contributed by atoms with E-state index in [0.717, 1.165) is 6.07 Å². The van der Waals surface area contributed by atoms with Crippen LogP contribution in [0.3, 0.4) is 0 Å². The molecule has 0 atom stereocenters. The molecular weight excluding hydrogens is 239 g/mol. The molecule has 0 unspecified atom stereocenters. The van der Waals surface area contributed by atoms with Crippen molar-refractivity contribution in [3.8, 4) is 11.5 Å². The lowest BCUT2D eigenvalue weighted by Crippen LogP contribution is -2.00. The Balaban J connectivity index is 2.65. The van der Waals surface area contributed by atoms with E-state index in [1.807, 2.05) is 0 Å². The summed E-state index contributed by atoms with van der Waals surface area (Å²) >= 11 is 0. The second-order valence-electron chi connectivity index (χ2n) is 3.89. The minimum atomic E-state index is -0.696. The highest BCUT2D eigenvalue weighted by atomic mass is 19.1. The molecular formula is C13H7FO4. The van der Waals surface area contributed by atoms with E-state index in [1.165, 1.54) is 24.3 Å². The lowest BCUT2D eigenvalue weighted by molar-refractivity contribution is 0.398. The Morgan fingerprint density at radius 3 is 2.50 bits per heavy atom. The summed E-state index contributed by atoms with van der Waals surface area (Å²) in [5.41, 5.74) is -0.850. The first-order chi connectivity index (χ1) is 8.58. The second kappa shape index (κ2) is 3.46. The number of phenolic OH excluding ortho intramolecular Hbond substituents is 2. The maximum absolute atomic E-state index is 13.2. The van der Waals surface area contributed by atoms with E-state index in [-0.39, 0.29) is 11.0 Å². The minimum absolute atomic E-state index is 0.155. The van der Waals surface area contributed by atoms with Crippen molar-refractivity contribution in [1.82, 2.24) is 0 Å². The van der Waals surface area contributed by atoms with Crippen molar-refractivity contribution >= 4 is 21.7 Å². The molecule has 0 saturated heterocycles. The number of fused-ring (bicyclic) bond motifs is 3. The number of benzene rings is 2. The van der Waals surface area contributed by atoms with Crippen LogP contribution in [0, 0.1) is 5.82 Å². The smallest absolute Gasteiger partial charge is 0.344 e. The molecule has 0 bridgehead atoms.